The van der Waals surface area contributed by atoms with Gasteiger partial charge in [-0.05, 0) is 38.0 Å². The van der Waals surface area contributed by atoms with Gasteiger partial charge in [-0.1, -0.05) is 12.1 Å². The molecule has 0 saturated carbocycles. The molecule has 5 heteroatoms. The maximum atomic E-state index is 12.1. The largest absolute Gasteiger partial charge is 0.370 e. The zero-order chi connectivity index (χ0) is 15.4. The van der Waals surface area contributed by atoms with Crippen molar-refractivity contribution in [1.82, 2.24) is 4.98 Å². The second-order valence-electron chi connectivity index (χ2n) is 5.33. The van der Waals surface area contributed by atoms with Gasteiger partial charge in [-0.15, -0.1) is 11.3 Å². The van der Waals surface area contributed by atoms with E-state index in [1.807, 2.05) is 30.5 Å². The van der Waals surface area contributed by atoms with Gasteiger partial charge >= 0.3 is 0 Å². The first-order valence-electron chi connectivity index (χ1n) is 7.47. The van der Waals surface area contributed by atoms with Crippen molar-refractivity contribution in [2.24, 2.45) is 0 Å². The Hall–Kier alpha value is -2.14. The van der Waals surface area contributed by atoms with Crippen LogP contribution in [-0.4, -0.2) is 24.0 Å². The number of aryl methyl sites for hydroxylation is 1. The van der Waals surface area contributed by atoms with Gasteiger partial charge in [0.2, 0.25) is 5.91 Å². The van der Waals surface area contributed by atoms with E-state index in [9.17, 15) is 4.79 Å². The molecule has 1 aromatic carbocycles. The molecular weight excluding hydrogens is 294 g/mol. The zero-order valence-electron chi connectivity index (χ0n) is 12.6. The summed E-state index contributed by atoms with van der Waals surface area (Å²) >= 11 is 1.58. The second kappa shape index (κ2) is 6.75. The van der Waals surface area contributed by atoms with Crippen LogP contribution in [0.4, 0.5) is 11.4 Å². The van der Waals surface area contributed by atoms with E-state index < -0.39 is 0 Å². The lowest BCUT2D eigenvalue weighted by atomic mass is 10.2. The molecule has 0 aliphatic carbocycles. The lowest BCUT2D eigenvalue weighted by molar-refractivity contribution is -0.111. The third kappa shape index (κ3) is 3.54. The van der Waals surface area contributed by atoms with Gasteiger partial charge in [-0.25, -0.2) is 4.98 Å². The molecule has 1 aliphatic rings. The summed E-state index contributed by atoms with van der Waals surface area (Å²) < 4.78 is 0. The van der Waals surface area contributed by atoms with Crippen LogP contribution >= 0.6 is 11.3 Å². The fraction of sp³-hybridized carbons (Fsp3) is 0.294. The van der Waals surface area contributed by atoms with Crippen LogP contribution in [-0.2, 0) is 4.79 Å². The van der Waals surface area contributed by atoms with Crippen molar-refractivity contribution in [3.05, 3.63) is 46.4 Å². The number of hydrogen-bond acceptors (Lipinski definition) is 4. The monoisotopic (exact) mass is 313 g/mol. The fourth-order valence-electron chi connectivity index (χ4n) is 2.61. The first kappa shape index (κ1) is 14.8. The van der Waals surface area contributed by atoms with Gasteiger partial charge in [-0.2, -0.15) is 0 Å². The summed E-state index contributed by atoms with van der Waals surface area (Å²) in [6.45, 7) is 4.07. The highest BCUT2D eigenvalue weighted by Crippen LogP contribution is 2.28. The lowest BCUT2D eigenvalue weighted by Crippen LogP contribution is -2.20. The van der Waals surface area contributed by atoms with Crippen molar-refractivity contribution < 1.29 is 4.79 Å². The predicted octanol–water partition coefficient (Wildman–Crippen LogP) is 3.70. The Morgan fingerprint density at radius 2 is 2.09 bits per heavy atom. The molecule has 0 spiro atoms. The molecule has 0 bridgehead atoms. The van der Waals surface area contributed by atoms with Crippen molar-refractivity contribution in [3.63, 3.8) is 0 Å². The standard InChI is InChI=1S/C17H19N3OS/c1-13-18-14(12-22-13)8-9-17(21)19-15-6-2-3-7-16(15)20-10-4-5-11-20/h2-3,6-9,12H,4-5,10-11H2,1H3,(H,19,21)/b9-8+. The molecule has 4 nitrogen and oxygen atoms in total. The van der Waals surface area contributed by atoms with Gasteiger partial charge in [-0.3, -0.25) is 4.79 Å². The molecule has 22 heavy (non-hydrogen) atoms. The molecule has 2 aromatic rings. The van der Waals surface area contributed by atoms with Crippen LogP contribution in [0.25, 0.3) is 6.08 Å². The van der Waals surface area contributed by atoms with Gasteiger partial charge in [0.1, 0.15) is 0 Å². The van der Waals surface area contributed by atoms with Gasteiger partial charge in [0.25, 0.3) is 0 Å². The lowest BCUT2D eigenvalue weighted by Gasteiger charge is -2.21. The maximum Gasteiger partial charge on any atom is 0.248 e. The van der Waals surface area contributed by atoms with Crippen molar-refractivity contribution in [2.75, 3.05) is 23.3 Å². The van der Waals surface area contributed by atoms with Crippen molar-refractivity contribution >= 4 is 34.7 Å². The van der Waals surface area contributed by atoms with Crippen LogP contribution in [0.1, 0.15) is 23.5 Å². The summed E-state index contributed by atoms with van der Waals surface area (Å²) in [6, 6.07) is 7.97. The number of carbonyl (C=O) groups is 1. The van der Waals surface area contributed by atoms with Crippen LogP contribution in [0.3, 0.4) is 0 Å². The molecule has 1 aromatic heterocycles. The summed E-state index contributed by atoms with van der Waals surface area (Å²) in [5, 5.41) is 5.91. The number of rotatable bonds is 4. The molecular formula is C17H19N3OS. The molecule has 1 amide bonds. The summed E-state index contributed by atoms with van der Waals surface area (Å²) in [4.78, 5) is 18.8. The molecule has 1 saturated heterocycles. The number of anilines is 2. The molecule has 114 valence electrons. The third-order valence-electron chi connectivity index (χ3n) is 3.65. The van der Waals surface area contributed by atoms with E-state index in [1.54, 1.807) is 17.4 Å². The Balaban J connectivity index is 1.70. The summed E-state index contributed by atoms with van der Waals surface area (Å²) in [7, 11) is 0. The van der Waals surface area contributed by atoms with Crippen molar-refractivity contribution in [1.29, 1.82) is 0 Å². The van der Waals surface area contributed by atoms with E-state index in [0.29, 0.717) is 0 Å². The van der Waals surface area contributed by atoms with E-state index in [2.05, 4.69) is 21.3 Å². The Morgan fingerprint density at radius 1 is 1.32 bits per heavy atom. The van der Waals surface area contributed by atoms with Crippen molar-refractivity contribution in [3.8, 4) is 0 Å². The van der Waals surface area contributed by atoms with Crippen LogP contribution < -0.4 is 10.2 Å². The zero-order valence-corrected chi connectivity index (χ0v) is 13.4. The van der Waals surface area contributed by atoms with Gasteiger partial charge in [0, 0.05) is 24.5 Å². The van der Waals surface area contributed by atoms with Gasteiger partial charge < -0.3 is 10.2 Å². The first-order valence-corrected chi connectivity index (χ1v) is 8.35. The molecule has 1 N–H and O–H groups in total. The molecule has 0 unspecified atom stereocenters. The number of nitrogens with one attached hydrogen (secondary N) is 1. The minimum absolute atomic E-state index is 0.128. The van der Waals surface area contributed by atoms with Crippen LogP contribution in [0.2, 0.25) is 0 Å². The number of para-hydroxylation sites is 2. The van der Waals surface area contributed by atoms with E-state index >= 15 is 0 Å². The third-order valence-corrected chi connectivity index (χ3v) is 4.44. The van der Waals surface area contributed by atoms with E-state index in [1.165, 1.54) is 18.9 Å². The number of aromatic nitrogens is 1. The Bertz CT molecular complexity index is 687. The molecule has 3 rings (SSSR count). The number of carbonyl (C=O) groups excluding carboxylic acids is 1. The van der Waals surface area contributed by atoms with Crippen molar-refractivity contribution in [2.45, 2.75) is 19.8 Å². The number of thiazole rings is 1. The maximum absolute atomic E-state index is 12.1. The SMILES string of the molecule is Cc1nc(/C=C/C(=O)Nc2ccccc2N2CCCC2)cs1. The number of amides is 1. The number of hydrogen-bond donors (Lipinski definition) is 1. The Kier molecular flexibility index (Phi) is 4.53. The summed E-state index contributed by atoms with van der Waals surface area (Å²) in [6.07, 6.45) is 5.71. The van der Waals surface area contributed by atoms with E-state index in [-0.39, 0.29) is 5.91 Å². The van der Waals surface area contributed by atoms with E-state index in [4.69, 9.17) is 0 Å². The average Bonchev–Trinajstić information content (AvgIpc) is 3.17. The Morgan fingerprint density at radius 3 is 2.82 bits per heavy atom. The minimum Gasteiger partial charge on any atom is -0.370 e. The van der Waals surface area contributed by atoms with Crippen LogP contribution in [0.15, 0.2) is 35.7 Å². The average molecular weight is 313 g/mol. The van der Waals surface area contributed by atoms with E-state index in [0.717, 1.165) is 35.2 Å². The fourth-order valence-corrected chi connectivity index (χ4v) is 3.19. The highest BCUT2D eigenvalue weighted by molar-refractivity contribution is 7.09. The summed E-state index contributed by atoms with van der Waals surface area (Å²) in [5.74, 6) is -0.128. The predicted molar refractivity (Wildman–Crippen MR) is 92.4 cm³/mol. The normalized spacial score (nSPS) is 14.7. The van der Waals surface area contributed by atoms with Gasteiger partial charge in [0.15, 0.2) is 0 Å². The first-order chi connectivity index (χ1) is 10.7. The molecule has 0 radical (unpaired) electrons. The quantitative estimate of drug-likeness (QED) is 0.875. The molecule has 0 atom stereocenters. The molecule has 2 heterocycles. The highest BCUT2D eigenvalue weighted by Gasteiger charge is 2.15. The van der Waals surface area contributed by atoms with Crippen LogP contribution in [0, 0.1) is 6.92 Å². The minimum atomic E-state index is -0.128. The number of benzene rings is 1. The molecule has 1 aliphatic heterocycles. The number of nitrogens with zero attached hydrogens (tertiary/aromatic N) is 2. The van der Waals surface area contributed by atoms with Gasteiger partial charge in [0.05, 0.1) is 22.1 Å². The van der Waals surface area contributed by atoms with Crippen LogP contribution in [0.5, 0.6) is 0 Å². The Labute approximate surface area is 134 Å². The topological polar surface area (TPSA) is 45.2 Å². The highest BCUT2D eigenvalue weighted by atomic mass is 32.1. The summed E-state index contributed by atoms with van der Waals surface area (Å²) in [5.41, 5.74) is 2.80. The molecule has 1 fully saturated rings. The second-order valence-corrected chi connectivity index (χ2v) is 6.39. The smallest absolute Gasteiger partial charge is 0.248 e.